The standard InChI is InChI=1S/C17H15NS/c1-13-6-9-16(10-7-13)18(19)17-11-8-14-4-2-3-5-15(14)12-17/h2-12,19H,1H3. The number of hydrogen-bond acceptors (Lipinski definition) is 2. The SMILES string of the molecule is Cc1ccc(N(S)c2ccc3ccccc3c2)cc1. The average molecular weight is 265 g/mol. The Morgan fingerprint density at radius 3 is 2.11 bits per heavy atom. The summed E-state index contributed by atoms with van der Waals surface area (Å²) in [6.45, 7) is 2.09. The van der Waals surface area contributed by atoms with Crippen molar-refractivity contribution in [1.29, 1.82) is 0 Å². The van der Waals surface area contributed by atoms with Crippen LogP contribution in [-0.4, -0.2) is 0 Å². The predicted octanol–water partition coefficient (Wildman–Crippen LogP) is 5.13. The first-order valence-electron chi connectivity index (χ1n) is 6.28. The Labute approximate surface area is 119 Å². The van der Waals surface area contributed by atoms with Crippen LogP contribution in [0.25, 0.3) is 10.8 Å². The van der Waals surface area contributed by atoms with Crippen molar-refractivity contribution in [3.05, 3.63) is 72.3 Å². The molecule has 3 rings (SSSR count). The van der Waals surface area contributed by atoms with Crippen LogP contribution < -0.4 is 4.31 Å². The molecule has 0 unspecified atom stereocenters. The normalized spacial score (nSPS) is 10.6. The van der Waals surface area contributed by atoms with Crippen LogP contribution >= 0.6 is 12.8 Å². The fraction of sp³-hybridized carbons (Fsp3) is 0.0588. The molecule has 3 aromatic rings. The molecule has 94 valence electrons. The Kier molecular flexibility index (Phi) is 3.18. The summed E-state index contributed by atoms with van der Waals surface area (Å²) in [6, 6.07) is 23.1. The highest BCUT2D eigenvalue weighted by Gasteiger charge is 2.05. The van der Waals surface area contributed by atoms with Gasteiger partial charge in [-0.1, -0.05) is 60.8 Å². The molecule has 0 heterocycles. The van der Waals surface area contributed by atoms with Crippen molar-refractivity contribution in [2.45, 2.75) is 6.92 Å². The van der Waals surface area contributed by atoms with Crippen LogP contribution in [0.3, 0.4) is 0 Å². The van der Waals surface area contributed by atoms with Gasteiger partial charge in [0.05, 0.1) is 11.4 Å². The van der Waals surface area contributed by atoms with Crippen molar-refractivity contribution >= 4 is 35.0 Å². The first-order chi connectivity index (χ1) is 9.24. The summed E-state index contributed by atoms with van der Waals surface area (Å²) in [4.78, 5) is 0. The van der Waals surface area contributed by atoms with E-state index in [0.29, 0.717) is 0 Å². The number of benzene rings is 3. The Balaban J connectivity index is 2.01. The lowest BCUT2D eigenvalue weighted by molar-refractivity contribution is 1.41. The molecule has 0 amide bonds. The molecule has 19 heavy (non-hydrogen) atoms. The first kappa shape index (κ1) is 12.1. The van der Waals surface area contributed by atoms with Crippen molar-refractivity contribution in [1.82, 2.24) is 0 Å². The summed E-state index contributed by atoms with van der Waals surface area (Å²) < 4.78 is 1.91. The summed E-state index contributed by atoms with van der Waals surface area (Å²) in [5.41, 5.74) is 3.40. The third-order valence-corrected chi connectivity index (χ3v) is 3.72. The van der Waals surface area contributed by atoms with Crippen LogP contribution in [-0.2, 0) is 0 Å². The van der Waals surface area contributed by atoms with E-state index in [1.54, 1.807) is 0 Å². The number of anilines is 2. The second-order valence-electron chi connectivity index (χ2n) is 4.68. The van der Waals surface area contributed by atoms with Gasteiger partial charge < -0.3 is 0 Å². The minimum atomic E-state index is 1.07. The van der Waals surface area contributed by atoms with Gasteiger partial charge in [0.15, 0.2) is 0 Å². The van der Waals surface area contributed by atoms with E-state index in [4.69, 9.17) is 0 Å². The van der Waals surface area contributed by atoms with Gasteiger partial charge in [0.2, 0.25) is 0 Å². The van der Waals surface area contributed by atoms with Gasteiger partial charge in [0, 0.05) is 0 Å². The smallest absolute Gasteiger partial charge is 0.0529 e. The van der Waals surface area contributed by atoms with Gasteiger partial charge in [-0.3, -0.25) is 4.31 Å². The Bertz CT molecular complexity index is 704. The molecule has 1 nitrogen and oxygen atoms in total. The molecule has 0 N–H and O–H groups in total. The van der Waals surface area contributed by atoms with Crippen molar-refractivity contribution in [2.24, 2.45) is 0 Å². The molecule has 0 fully saturated rings. The molecule has 0 atom stereocenters. The van der Waals surface area contributed by atoms with Crippen LogP contribution in [0.2, 0.25) is 0 Å². The number of aryl methyl sites for hydroxylation is 1. The van der Waals surface area contributed by atoms with E-state index in [1.165, 1.54) is 16.3 Å². The van der Waals surface area contributed by atoms with Crippen LogP contribution in [0, 0.1) is 6.92 Å². The van der Waals surface area contributed by atoms with Crippen molar-refractivity contribution in [3.63, 3.8) is 0 Å². The van der Waals surface area contributed by atoms with Crippen LogP contribution in [0.4, 0.5) is 11.4 Å². The Hall–Kier alpha value is -1.93. The molecule has 0 aliphatic carbocycles. The van der Waals surface area contributed by atoms with E-state index in [9.17, 15) is 0 Å². The highest BCUT2D eigenvalue weighted by Crippen LogP contribution is 2.30. The first-order valence-corrected chi connectivity index (χ1v) is 6.68. The van der Waals surface area contributed by atoms with Crippen molar-refractivity contribution in [2.75, 3.05) is 4.31 Å². The fourth-order valence-corrected chi connectivity index (χ4v) is 2.40. The molecule has 0 aliphatic rings. The highest BCUT2D eigenvalue weighted by atomic mass is 32.1. The second-order valence-corrected chi connectivity index (χ2v) is 5.08. The molecule has 3 aromatic carbocycles. The van der Waals surface area contributed by atoms with E-state index in [-0.39, 0.29) is 0 Å². The van der Waals surface area contributed by atoms with Gasteiger partial charge in [-0.25, -0.2) is 0 Å². The molecule has 0 aliphatic heterocycles. The van der Waals surface area contributed by atoms with Gasteiger partial charge in [0.1, 0.15) is 0 Å². The number of thiol groups is 1. The second kappa shape index (κ2) is 4.98. The predicted molar refractivity (Wildman–Crippen MR) is 86.3 cm³/mol. The lowest BCUT2D eigenvalue weighted by Gasteiger charge is -2.18. The lowest BCUT2D eigenvalue weighted by atomic mass is 10.1. The van der Waals surface area contributed by atoms with E-state index in [1.807, 2.05) is 4.31 Å². The van der Waals surface area contributed by atoms with Gasteiger partial charge in [-0.05, 0) is 42.0 Å². The molecular formula is C17H15NS. The van der Waals surface area contributed by atoms with Crippen LogP contribution in [0.1, 0.15) is 5.56 Å². The minimum Gasteiger partial charge on any atom is -0.287 e. The third kappa shape index (κ3) is 2.45. The summed E-state index contributed by atoms with van der Waals surface area (Å²) in [7, 11) is 0. The Morgan fingerprint density at radius 2 is 1.37 bits per heavy atom. The molecule has 0 saturated heterocycles. The van der Waals surface area contributed by atoms with E-state index in [2.05, 4.69) is 86.5 Å². The number of hydrogen-bond donors (Lipinski definition) is 1. The third-order valence-electron chi connectivity index (χ3n) is 3.26. The summed E-state index contributed by atoms with van der Waals surface area (Å²) >= 11 is 4.60. The van der Waals surface area contributed by atoms with E-state index >= 15 is 0 Å². The zero-order chi connectivity index (χ0) is 13.2. The maximum atomic E-state index is 4.60. The number of nitrogens with zero attached hydrogens (tertiary/aromatic N) is 1. The Morgan fingerprint density at radius 1 is 0.737 bits per heavy atom. The molecule has 0 aromatic heterocycles. The number of fused-ring (bicyclic) bond motifs is 1. The lowest BCUT2D eigenvalue weighted by Crippen LogP contribution is -2.01. The van der Waals surface area contributed by atoms with Crippen LogP contribution in [0.15, 0.2) is 66.7 Å². The summed E-state index contributed by atoms with van der Waals surface area (Å²) in [5, 5.41) is 2.48. The molecule has 0 spiro atoms. The summed E-state index contributed by atoms with van der Waals surface area (Å²) in [5.74, 6) is 0. The zero-order valence-corrected chi connectivity index (χ0v) is 11.6. The number of rotatable bonds is 2. The highest BCUT2D eigenvalue weighted by molar-refractivity contribution is 7.82. The average Bonchev–Trinajstić information content (AvgIpc) is 2.47. The maximum absolute atomic E-state index is 4.60. The van der Waals surface area contributed by atoms with Gasteiger partial charge in [-0.2, -0.15) is 0 Å². The van der Waals surface area contributed by atoms with Gasteiger partial charge in [-0.15, -0.1) is 0 Å². The van der Waals surface area contributed by atoms with Crippen LogP contribution in [0.5, 0.6) is 0 Å². The van der Waals surface area contributed by atoms with E-state index in [0.717, 1.165) is 11.4 Å². The molecule has 0 radical (unpaired) electrons. The quantitative estimate of drug-likeness (QED) is 0.628. The molecule has 0 bridgehead atoms. The minimum absolute atomic E-state index is 1.07. The molecule has 0 saturated carbocycles. The monoisotopic (exact) mass is 265 g/mol. The zero-order valence-electron chi connectivity index (χ0n) is 10.7. The van der Waals surface area contributed by atoms with Gasteiger partial charge >= 0.3 is 0 Å². The maximum Gasteiger partial charge on any atom is 0.0529 e. The summed E-state index contributed by atoms with van der Waals surface area (Å²) in [6.07, 6.45) is 0. The van der Waals surface area contributed by atoms with Crippen molar-refractivity contribution in [3.8, 4) is 0 Å². The van der Waals surface area contributed by atoms with Gasteiger partial charge in [0.25, 0.3) is 0 Å². The molecular weight excluding hydrogens is 250 g/mol. The molecule has 2 heteroatoms. The topological polar surface area (TPSA) is 3.24 Å². The van der Waals surface area contributed by atoms with Crippen molar-refractivity contribution < 1.29 is 0 Å². The fourth-order valence-electron chi connectivity index (χ4n) is 2.14. The largest absolute Gasteiger partial charge is 0.287 e. The van der Waals surface area contributed by atoms with E-state index < -0.39 is 0 Å².